The first-order valence-corrected chi connectivity index (χ1v) is 7.62. The van der Waals surface area contributed by atoms with Crippen LogP contribution in [0.5, 0.6) is 0 Å². The minimum Gasteiger partial charge on any atom is -0.377 e. The van der Waals surface area contributed by atoms with Gasteiger partial charge in [-0.2, -0.15) is 11.3 Å². The first-order valence-electron chi connectivity index (χ1n) is 6.67. The summed E-state index contributed by atoms with van der Waals surface area (Å²) in [6, 6.07) is 2.65. The van der Waals surface area contributed by atoms with Crippen molar-refractivity contribution in [2.45, 2.75) is 52.2 Å². The number of likely N-dealkylation sites (N-methyl/N-ethyl adjacent to an activating group) is 1. The molecule has 1 aromatic rings. The Morgan fingerprint density at radius 2 is 2.18 bits per heavy atom. The number of ether oxygens (including phenoxy) is 1. The van der Waals surface area contributed by atoms with Gasteiger partial charge in [0.05, 0.1) is 6.10 Å². The fraction of sp³-hybridized carbons (Fsp3) is 0.714. The molecule has 0 bridgehead atoms. The molecular formula is C14H25NOS. The summed E-state index contributed by atoms with van der Waals surface area (Å²) in [4.78, 5) is 0. The zero-order valence-electron chi connectivity index (χ0n) is 11.2. The molecule has 0 radical (unpaired) electrons. The molecule has 2 nitrogen and oxygen atoms in total. The maximum atomic E-state index is 5.89. The van der Waals surface area contributed by atoms with Crippen molar-refractivity contribution in [1.29, 1.82) is 0 Å². The number of nitrogens with one attached hydrogen (secondary N) is 1. The standard InChI is InChI=1S/C14H25NOS/c1-4-7-14(16-6-3)13(15-5-2)10-12-8-9-17-11-12/h8-9,11,13-15H,4-7,10H2,1-3H3. The van der Waals surface area contributed by atoms with E-state index in [0.29, 0.717) is 12.1 Å². The monoisotopic (exact) mass is 255 g/mol. The van der Waals surface area contributed by atoms with Crippen molar-refractivity contribution in [2.75, 3.05) is 13.2 Å². The van der Waals surface area contributed by atoms with Gasteiger partial charge in [-0.05, 0) is 48.7 Å². The Kier molecular flexibility index (Phi) is 7.49. The third-order valence-electron chi connectivity index (χ3n) is 2.90. The Hall–Kier alpha value is -0.380. The van der Waals surface area contributed by atoms with Crippen LogP contribution in [0.1, 0.15) is 39.2 Å². The van der Waals surface area contributed by atoms with Crippen LogP contribution in [0, 0.1) is 0 Å². The van der Waals surface area contributed by atoms with Crippen molar-refractivity contribution in [3.8, 4) is 0 Å². The lowest BCUT2D eigenvalue weighted by Gasteiger charge is -2.27. The van der Waals surface area contributed by atoms with E-state index in [9.17, 15) is 0 Å². The molecule has 2 atom stereocenters. The molecule has 1 rings (SSSR count). The summed E-state index contributed by atoms with van der Waals surface area (Å²) in [6.45, 7) is 8.27. The highest BCUT2D eigenvalue weighted by atomic mass is 32.1. The lowest BCUT2D eigenvalue weighted by Crippen LogP contribution is -2.43. The average Bonchev–Trinajstić information content (AvgIpc) is 2.81. The van der Waals surface area contributed by atoms with E-state index in [-0.39, 0.29) is 0 Å². The highest BCUT2D eigenvalue weighted by Crippen LogP contribution is 2.15. The molecule has 0 aliphatic carbocycles. The van der Waals surface area contributed by atoms with Crippen molar-refractivity contribution in [3.05, 3.63) is 22.4 Å². The highest BCUT2D eigenvalue weighted by molar-refractivity contribution is 7.07. The zero-order chi connectivity index (χ0) is 12.5. The summed E-state index contributed by atoms with van der Waals surface area (Å²) < 4.78 is 5.89. The lowest BCUT2D eigenvalue weighted by molar-refractivity contribution is 0.0286. The Bertz CT molecular complexity index is 268. The topological polar surface area (TPSA) is 21.3 Å². The van der Waals surface area contributed by atoms with E-state index in [1.807, 2.05) is 0 Å². The van der Waals surface area contributed by atoms with Crippen LogP contribution in [0.25, 0.3) is 0 Å². The van der Waals surface area contributed by atoms with Crippen LogP contribution in [-0.2, 0) is 11.2 Å². The van der Waals surface area contributed by atoms with Gasteiger partial charge in [-0.3, -0.25) is 0 Å². The van der Waals surface area contributed by atoms with E-state index in [2.05, 4.69) is 42.9 Å². The van der Waals surface area contributed by atoms with Crippen LogP contribution in [0.15, 0.2) is 16.8 Å². The molecule has 1 heterocycles. The van der Waals surface area contributed by atoms with E-state index in [1.165, 1.54) is 12.0 Å². The molecule has 0 fully saturated rings. The Labute approximate surface area is 109 Å². The van der Waals surface area contributed by atoms with E-state index < -0.39 is 0 Å². The molecule has 0 aliphatic heterocycles. The van der Waals surface area contributed by atoms with Crippen LogP contribution < -0.4 is 5.32 Å². The van der Waals surface area contributed by atoms with Crippen LogP contribution in [0.4, 0.5) is 0 Å². The molecule has 0 amide bonds. The maximum Gasteiger partial charge on any atom is 0.0731 e. The smallest absolute Gasteiger partial charge is 0.0731 e. The zero-order valence-corrected chi connectivity index (χ0v) is 12.1. The number of hydrogen-bond donors (Lipinski definition) is 1. The summed E-state index contributed by atoms with van der Waals surface area (Å²) in [5, 5.41) is 7.95. The van der Waals surface area contributed by atoms with Crippen molar-refractivity contribution >= 4 is 11.3 Å². The molecule has 1 N–H and O–H groups in total. The van der Waals surface area contributed by atoms with E-state index in [0.717, 1.165) is 26.0 Å². The molecule has 0 spiro atoms. The largest absolute Gasteiger partial charge is 0.377 e. The van der Waals surface area contributed by atoms with Crippen LogP contribution >= 0.6 is 11.3 Å². The summed E-state index contributed by atoms with van der Waals surface area (Å²) in [5.41, 5.74) is 1.42. The molecule has 17 heavy (non-hydrogen) atoms. The van der Waals surface area contributed by atoms with Gasteiger partial charge in [0, 0.05) is 12.6 Å². The lowest BCUT2D eigenvalue weighted by atomic mass is 10.00. The molecule has 0 aromatic carbocycles. The van der Waals surface area contributed by atoms with Gasteiger partial charge in [0.25, 0.3) is 0 Å². The van der Waals surface area contributed by atoms with E-state index >= 15 is 0 Å². The fourth-order valence-electron chi connectivity index (χ4n) is 2.16. The first kappa shape index (κ1) is 14.7. The molecule has 0 aliphatic rings. The first-order chi connectivity index (χ1) is 8.31. The van der Waals surface area contributed by atoms with Gasteiger partial charge in [0.1, 0.15) is 0 Å². The molecule has 3 heteroatoms. The second-order valence-electron chi connectivity index (χ2n) is 4.28. The predicted octanol–water partition coefficient (Wildman–Crippen LogP) is 3.47. The highest BCUT2D eigenvalue weighted by Gasteiger charge is 2.20. The van der Waals surface area contributed by atoms with Gasteiger partial charge >= 0.3 is 0 Å². The molecule has 2 unspecified atom stereocenters. The second-order valence-corrected chi connectivity index (χ2v) is 5.06. The fourth-order valence-corrected chi connectivity index (χ4v) is 2.84. The third-order valence-corrected chi connectivity index (χ3v) is 3.64. The van der Waals surface area contributed by atoms with Crippen molar-refractivity contribution < 1.29 is 4.74 Å². The Balaban J connectivity index is 2.60. The van der Waals surface area contributed by atoms with Gasteiger partial charge < -0.3 is 10.1 Å². The minimum atomic E-state index is 0.338. The van der Waals surface area contributed by atoms with Gasteiger partial charge in [-0.15, -0.1) is 0 Å². The van der Waals surface area contributed by atoms with Crippen molar-refractivity contribution in [3.63, 3.8) is 0 Å². The summed E-state index contributed by atoms with van der Waals surface area (Å²) in [6.07, 6.45) is 3.72. The summed E-state index contributed by atoms with van der Waals surface area (Å²) >= 11 is 1.77. The number of thiophene rings is 1. The molecule has 0 saturated heterocycles. The van der Waals surface area contributed by atoms with Gasteiger partial charge in [0.15, 0.2) is 0 Å². The second kappa shape index (κ2) is 8.67. The number of rotatable bonds is 9. The maximum absolute atomic E-state index is 5.89. The van der Waals surface area contributed by atoms with Crippen LogP contribution in [0.2, 0.25) is 0 Å². The molecular weight excluding hydrogens is 230 g/mol. The summed E-state index contributed by atoms with van der Waals surface area (Å²) in [7, 11) is 0. The van der Waals surface area contributed by atoms with Gasteiger partial charge in [0.2, 0.25) is 0 Å². The predicted molar refractivity (Wildman–Crippen MR) is 75.8 cm³/mol. The summed E-state index contributed by atoms with van der Waals surface area (Å²) in [5.74, 6) is 0. The molecule has 0 saturated carbocycles. The quantitative estimate of drug-likeness (QED) is 0.729. The third kappa shape index (κ3) is 5.19. The molecule has 98 valence electrons. The Morgan fingerprint density at radius 1 is 1.35 bits per heavy atom. The van der Waals surface area contributed by atoms with Crippen molar-refractivity contribution in [1.82, 2.24) is 5.32 Å². The SMILES string of the molecule is CCCC(OCC)C(Cc1ccsc1)NCC. The van der Waals surface area contributed by atoms with Crippen molar-refractivity contribution in [2.24, 2.45) is 0 Å². The normalized spacial score (nSPS) is 14.8. The van der Waals surface area contributed by atoms with E-state index in [4.69, 9.17) is 4.74 Å². The van der Waals surface area contributed by atoms with E-state index in [1.54, 1.807) is 11.3 Å². The molecule has 1 aromatic heterocycles. The average molecular weight is 255 g/mol. The van der Waals surface area contributed by atoms with Gasteiger partial charge in [-0.1, -0.05) is 20.3 Å². The van der Waals surface area contributed by atoms with Gasteiger partial charge in [-0.25, -0.2) is 0 Å². The number of hydrogen-bond acceptors (Lipinski definition) is 3. The Morgan fingerprint density at radius 3 is 2.71 bits per heavy atom. The van der Waals surface area contributed by atoms with Crippen LogP contribution in [0.3, 0.4) is 0 Å². The van der Waals surface area contributed by atoms with Crippen LogP contribution in [-0.4, -0.2) is 25.3 Å². The minimum absolute atomic E-state index is 0.338.